The summed E-state index contributed by atoms with van der Waals surface area (Å²) < 4.78 is 6.91. The van der Waals surface area contributed by atoms with Crippen LogP contribution in [0.25, 0.3) is 10.2 Å². The highest BCUT2D eigenvalue weighted by Crippen LogP contribution is 2.45. The summed E-state index contributed by atoms with van der Waals surface area (Å²) in [6.07, 6.45) is 0. The fourth-order valence-electron chi connectivity index (χ4n) is 4.01. The molecule has 1 aliphatic rings. The lowest BCUT2D eigenvalue weighted by Crippen LogP contribution is -2.31. The first-order valence-corrected chi connectivity index (χ1v) is 12.7. The predicted molar refractivity (Wildman–Crippen MR) is 136 cm³/mol. The summed E-state index contributed by atoms with van der Waals surface area (Å²) in [5.41, 5.74) is 1.95. The number of ketones is 1. The highest BCUT2D eigenvalue weighted by molar-refractivity contribution is 9.10. The molecule has 3 heterocycles. The number of carbonyl (C=O) groups excluding carboxylic acids is 2. The number of hydrogen-bond donors (Lipinski definition) is 1. The number of aliphatic hydroxyl groups is 1. The second-order valence-corrected chi connectivity index (χ2v) is 10.8. The molecule has 0 saturated heterocycles. The van der Waals surface area contributed by atoms with Crippen LogP contribution in [0.4, 0.5) is 5.13 Å². The summed E-state index contributed by atoms with van der Waals surface area (Å²) in [7, 11) is 1.58. The lowest BCUT2D eigenvalue weighted by atomic mass is 9.95. The summed E-state index contributed by atoms with van der Waals surface area (Å²) in [4.78, 5) is 37.8. The van der Waals surface area contributed by atoms with Crippen molar-refractivity contribution in [1.82, 2.24) is 9.97 Å². The number of aliphatic hydroxyl groups excluding tert-OH is 1. The van der Waals surface area contributed by atoms with Crippen LogP contribution >= 0.6 is 38.6 Å². The topological polar surface area (TPSA) is 92.6 Å². The zero-order valence-electron chi connectivity index (χ0n) is 18.3. The number of fused-ring (bicyclic) bond motifs is 1. The number of Topliss-reactive ketones (excluding diaryl/α,β-unsaturated/α-hetero) is 1. The number of thiazole rings is 2. The fourth-order valence-corrected chi connectivity index (χ4v) is 6.33. The van der Waals surface area contributed by atoms with Crippen LogP contribution in [0.15, 0.2) is 58.3 Å². The second-order valence-electron chi connectivity index (χ2n) is 7.70. The van der Waals surface area contributed by atoms with Gasteiger partial charge in [0, 0.05) is 4.47 Å². The van der Waals surface area contributed by atoms with Crippen molar-refractivity contribution < 1.29 is 19.4 Å². The molecule has 10 heteroatoms. The van der Waals surface area contributed by atoms with Crippen molar-refractivity contribution in [1.29, 1.82) is 0 Å². The maximum Gasteiger partial charge on any atom is 0.296 e. The first kappa shape index (κ1) is 22.7. The Bertz CT molecular complexity index is 1510. The number of benzene rings is 2. The smallest absolute Gasteiger partial charge is 0.296 e. The zero-order chi connectivity index (χ0) is 24.1. The molecule has 0 bridgehead atoms. The molecule has 1 N–H and O–H groups in total. The van der Waals surface area contributed by atoms with Crippen LogP contribution in [0.3, 0.4) is 0 Å². The molecule has 0 spiro atoms. The number of halogens is 1. The van der Waals surface area contributed by atoms with Gasteiger partial charge >= 0.3 is 0 Å². The van der Waals surface area contributed by atoms with E-state index in [0.717, 1.165) is 14.2 Å². The van der Waals surface area contributed by atoms with Crippen molar-refractivity contribution in [3.05, 3.63) is 79.4 Å². The van der Waals surface area contributed by atoms with Gasteiger partial charge in [0.25, 0.3) is 5.91 Å². The number of rotatable bonds is 5. The van der Waals surface area contributed by atoms with Crippen molar-refractivity contribution in [2.75, 3.05) is 12.0 Å². The minimum Gasteiger partial charge on any atom is -0.503 e. The number of carbonyl (C=O) groups is 2. The third-order valence-electron chi connectivity index (χ3n) is 5.52. The number of anilines is 1. The van der Waals surface area contributed by atoms with Gasteiger partial charge in [0.2, 0.25) is 5.78 Å². The molecule has 0 aliphatic carbocycles. The van der Waals surface area contributed by atoms with Gasteiger partial charge in [0.1, 0.15) is 5.75 Å². The Morgan fingerprint density at radius 1 is 1.15 bits per heavy atom. The molecule has 1 unspecified atom stereocenters. The normalized spacial score (nSPS) is 16.1. The van der Waals surface area contributed by atoms with Crippen LogP contribution in [-0.2, 0) is 4.79 Å². The first-order valence-electron chi connectivity index (χ1n) is 10.2. The molecular formula is C24H18BrN3O4S2. The second kappa shape index (κ2) is 8.61. The van der Waals surface area contributed by atoms with Gasteiger partial charge in [-0.25, -0.2) is 9.97 Å². The molecule has 34 heavy (non-hydrogen) atoms. The Kier molecular flexibility index (Phi) is 5.75. The van der Waals surface area contributed by atoms with Gasteiger partial charge in [0.05, 0.1) is 44.5 Å². The van der Waals surface area contributed by atoms with Crippen LogP contribution in [0.1, 0.15) is 32.0 Å². The molecule has 0 fully saturated rings. The van der Waals surface area contributed by atoms with Crippen molar-refractivity contribution in [2.24, 2.45) is 0 Å². The van der Waals surface area contributed by atoms with Crippen LogP contribution in [0.2, 0.25) is 0 Å². The van der Waals surface area contributed by atoms with E-state index < -0.39 is 23.5 Å². The van der Waals surface area contributed by atoms with Gasteiger partial charge < -0.3 is 9.84 Å². The van der Waals surface area contributed by atoms with Gasteiger partial charge in [-0.2, -0.15) is 0 Å². The van der Waals surface area contributed by atoms with E-state index in [0.29, 0.717) is 32.5 Å². The minimum atomic E-state index is -0.846. The number of aryl methyl sites for hydroxylation is 2. The molecule has 2 aromatic heterocycles. The average Bonchev–Trinajstić information content (AvgIpc) is 3.46. The molecule has 1 aliphatic heterocycles. The van der Waals surface area contributed by atoms with E-state index in [-0.39, 0.29) is 5.57 Å². The van der Waals surface area contributed by atoms with E-state index in [9.17, 15) is 14.7 Å². The van der Waals surface area contributed by atoms with E-state index >= 15 is 0 Å². The summed E-state index contributed by atoms with van der Waals surface area (Å²) >= 11 is 6.01. The largest absolute Gasteiger partial charge is 0.503 e. The fraction of sp³-hybridized carbons (Fsp3) is 0.167. The number of methoxy groups -OCH3 is 1. The monoisotopic (exact) mass is 555 g/mol. The number of aromatic nitrogens is 2. The van der Waals surface area contributed by atoms with E-state index in [2.05, 4.69) is 25.9 Å². The summed E-state index contributed by atoms with van der Waals surface area (Å²) in [5, 5.41) is 12.1. The van der Waals surface area contributed by atoms with E-state index in [1.807, 2.05) is 43.3 Å². The lowest BCUT2D eigenvalue weighted by Gasteiger charge is -2.24. The minimum absolute atomic E-state index is 0.0201. The van der Waals surface area contributed by atoms with Gasteiger partial charge in [-0.1, -0.05) is 39.4 Å². The Morgan fingerprint density at radius 2 is 1.94 bits per heavy atom. The SMILES string of the molecule is COc1ccc2nc(N3C(=O)C(O)=C(C(=O)c4sc(C)nc4C)C3c3cccc(Br)c3)sc2c1. The summed E-state index contributed by atoms with van der Waals surface area (Å²) in [6, 6.07) is 11.9. The molecule has 2 aromatic carbocycles. The molecule has 5 rings (SSSR count). The van der Waals surface area contributed by atoms with E-state index in [4.69, 9.17) is 4.74 Å². The Labute approximate surface area is 211 Å². The molecule has 0 saturated carbocycles. The number of ether oxygens (including phenoxy) is 1. The van der Waals surface area contributed by atoms with Gasteiger partial charge in [-0.05, 0) is 49.7 Å². The van der Waals surface area contributed by atoms with E-state index in [1.165, 1.54) is 27.6 Å². The van der Waals surface area contributed by atoms with Crippen LogP contribution < -0.4 is 9.64 Å². The number of hydrogen-bond acceptors (Lipinski definition) is 8. The highest BCUT2D eigenvalue weighted by Gasteiger charge is 2.46. The van der Waals surface area contributed by atoms with Crippen LogP contribution in [-0.4, -0.2) is 33.9 Å². The van der Waals surface area contributed by atoms with Crippen LogP contribution in [0.5, 0.6) is 5.75 Å². The number of nitrogens with zero attached hydrogens (tertiary/aromatic N) is 3. The molecule has 4 aromatic rings. The third kappa shape index (κ3) is 3.71. The molecule has 0 radical (unpaired) electrons. The molecule has 1 amide bonds. The predicted octanol–water partition coefficient (Wildman–Crippen LogP) is 5.92. The summed E-state index contributed by atoms with van der Waals surface area (Å²) in [5.74, 6) is -0.980. The molecule has 1 atom stereocenters. The van der Waals surface area contributed by atoms with Crippen LogP contribution in [0, 0.1) is 13.8 Å². The Balaban J connectivity index is 1.69. The number of amides is 1. The molecular weight excluding hydrogens is 538 g/mol. The first-order chi connectivity index (χ1) is 16.3. The quantitative estimate of drug-likeness (QED) is 0.307. The lowest BCUT2D eigenvalue weighted by molar-refractivity contribution is -0.117. The van der Waals surface area contributed by atoms with Crippen molar-refractivity contribution in [3.63, 3.8) is 0 Å². The maximum absolute atomic E-state index is 13.7. The van der Waals surface area contributed by atoms with E-state index in [1.54, 1.807) is 20.1 Å². The third-order valence-corrected chi connectivity index (χ3v) is 8.10. The summed E-state index contributed by atoms with van der Waals surface area (Å²) in [6.45, 7) is 3.56. The molecule has 172 valence electrons. The maximum atomic E-state index is 13.7. The standard InChI is InChI=1S/C24H18BrN3O4S2/c1-11-22(33-12(2)26-11)20(29)18-19(13-5-4-6-14(25)9-13)28(23(31)21(18)30)24-27-16-8-7-15(32-3)10-17(16)34-24/h4-10,19,30H,1-3H3. The Morgan fingerprint density at radius 3 is 2.62 bits per heavy atom. The van der Waals surface area contributed by atoms with Crippen molar-refractivity contribution in [2.45, 2.75) is 19.9 Å². The van der Waals surface area contributed by atoms with Gasteiger partial charge in [-0.15, -0.1) is 11.3 Å². The zero-order valence-corrected chi connectivity index (χ0v) is 21.5. The highest BCUT2D eigenvalue weighted by atomic mass is 79.9. The Hall–Kier alpha value is -3.08. The van der Waals surface area contributed by atoms with Gasteiger partial charge in [-0.3, -0.25) is 14.5 Å². The van der Waals surface area contributed by atoms with Gasteiger partial charge in [0.15, 0.2) is 10.9 Å². The van der Waals surface area contributed by atoms with Crippen molar-refractivity contribution >= 4 is 65.6 Å². The average molecular weight is 556 g/mol. The van der Waals surface area contributed by atoms with Crippen molar-refractivity contribution in [3.8, 4) is 5.75 Å². The molecule has 7 nitrogen and oxygen atoms in total.